The van der Waals surface area contributed by atoms with Gasteiger partial charge >= 0.3 is 0 Å². The highest BCUT2D eigenvalue weighted by Gasteiger charge is 2.33. The Kier molecular flexibility index (Phi) is 7.25. The topological polar surface area (TPSA) is 70.7 Å². The van der Waals surface area contributed by atoms with Crippen molar-refractivity contribution in [1.82, 2.24) is 15.5 Å². The van der Waals surface area contributed by atoms with Gasteiger partial charge in [0.2, 0.25) is 11.8 Å². The molecule has 6 heteroatoms. The summed E-state index contributed by atoms with van der Waals surface area (Å²) in [6.45, 7) is 13.0. The molecule has 0 bridgehead atoms. The largest absolute Gasteiger partial charge is 0.491 e. The van der Waals surface area contributed by atoms with Gasteiger partial charge in [0, 0.05) is 32.6 Å². The van der Waals surface area contributed by atoms with Crippen molar-refractivity contribution in [3.05, 3.63) is 29.3 Å². The molecule has 1 saturated heterocycles. The van der Waals surface area contributed by atoms with Gasteiger partial charge in [-0.25, -0.2) is 0 Å². The molecule has 6 nitrogen and oxygen atoms in total. The van der Waals surface area contributed by atoms with Crippen LogP contribution in [0.4, 0.5) is 0 Å². The summed E-state index contributed by atoms with van der Waals surface area (Å²) in [5.41, 5.74) is 1.40. The molecule has 0 aliphatic carbocycles. The summed E-state index contributed by atoms with van der Waals surface area (Å²) in [6.07, 6.45) is 0.212. The van der Waals surface area contributed by atoms with E-state index >= 15 is 0 Å². The fourth-order valence-electron chi connectivity index (χ4n) is 3.18. The molecule has 2 rings (SSSR count). The van der Waals surface area contributed by atoms with Crippen LogP contribution in [-0.4, -0.2) is 55.5 Å². The van der Waals surface area contributed by atoms with E-state index in [0.29, 0.717) is 19.7 Å². The third-order valence-electron chi connectivity index (χ3n) is 4.94. The summed E-state index contributed by atoms with van der Waals surface area (Å²) >= 11 is 0. The standard InChI is InChI=1S/C21H33N3O3/c1-15-7-6-8-16(2)19(15)27-14-17(3)23-20(26)21(4,5)13-18(25)24-11-9-22-10-12-24/h6-8,17,22H,9-14H2,1-5H3,(H,23,26). The molecule has 1 fully saturated rings. The Morgan fingerprint density at radius 2 is 1.81 bits per heavy atom. The van der Waals surface area contributed by atoms with Crippen LogP contribution in [0.2, 0.25) is 0 Å². The summed E-state index contributed by atoms with van der Waals surface area (Å²) in [5, 5.41) is 6.22. The molecule has 1 aliphatic rings. The highest BCUT2D eigenvalue weighted by Crippen LogP contribution is 2.24. The SMILES string of the molecule is Cc1cccc(C)c1OCC(C)NC(=O)C(C)(C)CC(=O)N1CCNCC1. The molecule has 0 aromatic heterocycles. The summed E-state index contributed by atoms with van der Waals surface area (Å²) < 4.78 is 5.92. The number of hydrogen-bond donors (Lipinski definition) is 2. The number of carbonyl (C=O) groups is 2. The summed E-state index contributed by atoms with van der Waals surface area (Å²) in [6, 6.07) is 5.87. The van der Waals surface area contributed by atoms with Crippen molar-refractivity contribution in [2.45, 2.75) is 47.1 Å². The second kappa shape index (κ2) is 9.22. The van der Waals surface area contributed by atoms with Gasteiger partial charge in [0.05, 0.1) is 11.5 Å². The van der Waals surface area contributed by atoms with Crippen molar-refractivity contribution >= 4 is 11.8 Å². The first kappa shape index (κ1) is 21.2. The minimum atomic E-state index is -0.755. The molecule has 2 N–H and O–H groups in total. The van der Waals surface area contributed by atoms with E-state index in [-0.39, 0.29) is 24.3 Å². The lowest BCUT2D eigenvalue weighted by Gasteiger charge is -2.31. The van der Waals surface area contributed by atoms with Gasteiger partial charge in [-0.1, -0.05) is 32.0 Å². The smallest absolute Gasteiger partial charge is 0.226 e. The molecular formula is C21H33N3O3. The maximum Gasteiger partial charge on any atom is 0.226 e. The molecule has 1 aromatic carbocycles. The maximum absolute atomic E-state index is 12.7. The summed E-state index contributed by atoms with van der Waals surface area (Å²) in [4.78, 5) is 27.0. The lowest BCUT2D eigenvalue weighted by atomic mass is 9.87. The third kappa shape index (κ3) is 5.96. The number of benzene rings is 1. The molecule has 0 radical (unpaired) electrons. The Morgan fingerprint density at radius 3 is 2.41 bits per heavy atom. The van der Waals surface area contributed by atoms with E-state index in [1.807, 2.05) is 57.7 Å². The van der Waals surface area contributed by atoms with Crippen molar-refractivity contribution in [1.29, 1.82) is 0 Å². The van der Waals surface area contributed by atoms with Crippen molar-refractivity contribution in [3.63, 3.8) is 0 Å². The van der Waals surface area contributed by atoms with Crippen LogP contribution in [0.25, 0.3) is 0 Å². The number of rotatable bonds is 7. The lowest BCUT2D eigenvalue weighted by molar-refractivity contribution is -0.140. The van der Waals surface area contributed by atoms with E-state index in [1.54, 1.807) is 0 Å². The number of piperazine rings is 1. The number of carbonyl (C=O) groups excluding carboxylic acids is 2. The molecule has 0 spiro atoms. The Labute approximate surface area is 162 Å². The number of nitrogens with zero attached hydrogens (tertiary/aromatic N) is 1. The highest BCUT2D eigenvalue weighted by molar-refractivity contribution is 5.88. The van der Waals surface area contributed by atoms with Crippen molar-refractivity contribution in [3.8, 4) is 5.75 Å². The molecule has 1 atom stereocenters. The quantitative estimate of drug-likeness (QED) is 0.765. The Bertz CT molecular complexity index is 646. The van der Waals surface area contributed by atoms with Gasteiger partial charge in [-0.3, -0.25) is 9.59 Å². The highest BCUT2D eigenvalue weighted by atomic mass is 16.5. The van der Waals surface area contributed by atoms with E-state index in [1.165, 1.54) is 0 Å². The molecule has 2 amide bonds. The van der Waals surface area contributed by atoms with Gasteiger partial charge < -0.3 is 20.3 Å². The lowest BCUT2D eigenvalue weighted by Crippen LogP contribution is -2.50. The van der Waals surface area contributed by atoms with Crippen molar-refractivity contribution in [2.24, 2.45) is 5.41 Å². The minimum absolute atomic E-state index is 0.0380. The molecule has 1 aromatic rings. The van der Waals surface area contributed by atoms with Crippen LogP contribution in [0.15, 0.2) is 18.2 Å². The first-order valence-electron chi connectivity index (χ1n) is 9.69. The second-order valence-corrected chi connectivity index (χ2v) is 8.10. The van der Waals surface area contributed by atoms with Crippen LogP contribution in [0.5, 0.6) is 5.75 Å². The predicted molar refractivity (Wildman–Crippen MR) is 107 cm³/mol. The third-order valence-corrected chi connectivity index (χ3v) is 4.94. The minimum Gasteiger partial charge on any atom is -0.491 e. The molecule has 1 aliphatic heterocycles. The zero-order chi connectivity index (χ0) is 20.0. The monoisotopic (exact) mass is 375 g/mol. The fraction of sp³-hybridized carbons (Fsp3) is 0.619. The van der Waals surface area contributed by atoms with Crippen LogP contribution in [0.3, 0.4) is 0 Å². The van der Waals surface area contributed by atoms with Crippen LogP contribution < -0.4 is 15.4 Å². The molecule has 1 unspecified atom stereocenters. The van der Waals surface area contributed by atoms with E-state index in [0.717, 1.165) is 30.0 Å². The second-order valence-electron chi connectivity index (χ2n) is 8.10. The number of para-hydroxylation sites is 1. The Hall–Kier alpha value is -2.08. The average Bonchev–Trinajstić information content (AvgIpc) is 2.61. The summed E-state index contributed by atoms with van der Waals surface area (Å²) in [5.74, 6) is 0.784. The van der Waals surface area contributed by atoms with Crippen LogP contribution in [0, 0.1) is 19.3 Å². The van der Waals surface area contributed by atoms with Gasteiger partial charge in [0.25, 0.3) is 0 Å². The van der Waals surface area contributed by atoms with E-state index < -0.39 is 5.41 Å². The van der Waals surface area contributed by atoms with Crippen LogP contribution in [-0.2, 0) is 9.59 Å². The van der Waals surface area contributed by atoms with Gasteiger partial charge in [0.1, 0.15) is 12.4 Å². The van der Waals surface area contributed by atoms with Gasteiger partial charge in [-0.2, -0.15) is 0 Å². The van der Waals surface area contributed by atoms with E-state index in [2.05, 4.69) is 10.6 Å². The van der Waals surface area contributed by atoms with Crippen LogP contribution >= 0.6 is 0 Å². The Balaban J connectivity index is 1.85. The van der Waals surface area contributed by atoms with Gasteiger partial charge in [0.15, 0.2) is 0 Å². The normalized spacial score (nSPS) is 16.0. The molecule has 1 heterocycles. The van der Waals surface area contributed by atoms with E-state index in [9.17, 15) is 9.59 Å². The Morgan fingerprint density at radius 1 is 1.22 bits per heavy atom. The predicted octanol–water partition coefficient (Wildman–Crippen LogP) is 2.04. The van der Waals surface area contributed by atoms with Gasteiger partial charge in [-0.15, -0.1) is 0 Å². The number of ether oxygens (including phenoxy) is 1. The average molecular weight is 376 g/mol. The number of nitrogens with one attached hydrogen (secondary N) is 2. The molecule has 27 heavy (non-hydrogen) atoms. The molecule has 150 valence electrons. The van der Waals surface area contributed by atoms with Crippen molar-refractivity contribution < 1.29 is 14.3 Å². The zero-order valence-electron chi connectivity index (χ0n) is 17.2. The van der Waals surface area contributed by atoms with Crippen molar-refractivity contribution in [2.75, 3.05) is 32.8 Å². The fourth-order valence-corrected chi connectivity index (χ4v) is 3.18. The first-order valence-corrected chi connectivity index (χ1v) is 9.69. The molecule has 0 saturated carbocycles. The molecular weight excluding hydrogens is 342 g/mol. The summed E-state index contributed by atoms with van der Waals surface area (Å²) in [7, 11) is 0. The van der Waals surface area contributed by atoms with Gasteiger partial charge in [-0.05, 0) is 31.9 Å². The number of hydrogen-bond acceptors (Lipinski definition) is 4. The number of aryl methyl sites for hydroxylation is 2. The van der Waals surface area contributed by atoms with Crippen LogP contribution in [0.1, 0.15) is 38.3 Å². The zero-order valence-corrected chi connectivity index (χ0v) is 17.2. The maximum atomic E-state index is 12.7. The van der Waals surface area contributed by atoms with E-state index in [4.69, 9.17) is 4.74 Å². The number of amides is 2. The first-order chi connectivity index (χ1) is 12.7.